The summed E-state index contributed by atoms with van der Waals surface area (Å²) in [5, 5.41) is 12.9. The van der Waals surface area contributed by atoms with Gasteiger partial charge in [-0.25, -0.2) is 9.48 Å². The summed E-state index contributed by atoms with van der Waals surface area (Å²) in [7, 11) is 0. The molecule has 0 spiro atoms. The van der Waals surface area contributed by atoms with Crippen molar-refractivity contribution in [3.63, 3.8) is 0 Å². The van der Waals surface area contributed by atoms with Gasteiger partial charge in [0.15, 0.2) is 5.69 Å². The van der Waals surface area contributed by atoms with Crippen molar-refractivity contribution in [3.8, 4) is 5.69 Å². The van der Waals surface area contributed by atoms with Crippen LogP contribution in [-0.4, -0.2) is 20.9 Å². The molecule has 88 valence electrons. The average molecular weight is 231 g/mol. The molecule has 5 nitrogen and oxygen atoms in total. The van der Waals surface area contributed by atoms with Crippen LogP contribution >= 0.6 is 0 Å². The molecule has 0 saturated heterocycles. The summed E-state index contributed by atoms with van der Waals surface area (Å²) >= 11 is 0. The Balaban J connectivity index is 2.48. The minimum atomic E-state index is -1.03. The third-order valence-corrected chi connectivity index (χ3v) is 2.50. The van der Waals surface area contributed by atoms with Crippen LogP contribution in [0.15, 0.2) is 30.3 Å². The molecule has 0 radical (unpaired) electrons. The number of benzene rings is 1. The molecule has 0 aliphatic heterocycles. The van der Waals surface area contributed by atoms with Crippen molar-refractivity contribution in [1.29, 1.82) is 0 Å². The summed E-state index contributed by atoms with van der Waals surface area (Å²) in [4.78, 5) is 10.8. The first kappa shape index (κ1) is 11.3. The van der Waals surface area contributed by atoms with Crippen molar-refractivity contribution >= 4 is 5.97 Å². The molecule has 0 atom stereocenters. The average Bonchev–Trinajstić information content (AvgIpc) is 2.72. The Kier molecular flexibility index (Phi) is 2.93. The normalized spacial score (nSPS) is 10.5. The highest BCUT2D eigenvalue weighted by atomic mass is 16.4. The van der Waals surface area contributed by atoms with Gasteiger partial charge in [-0.15, -0.1) is 0 Å². The van der Waals surface area contributed by atoms with Crippen LogP contribution in [0.4, 0.5) is 0 Å². The lowest BCUT2D eigenvalue weighted by Gasteiger charge is -2.05. The van der Waals surface area contributed by atoms with E-state index >= 15 is 0 Å². The summed E-state index contributed by atoms with van der Waals surface area (Å²) in [6.07, 6.45) is 0. The monoisotopic (exact) mass is 231 g/mol. The Morgan fingerprint density at radius 3 is 2.82 bits per heavy atom. The van der Waals surface area contributed by atoms with Gasteiger partial charge in [0.2, 0.25) is 0 Å². The van der Waals surface area contributed by atoms with Crippen LogP contribution in [0.1, 0.15) is 21.7 Å². The minimum absolute atomic E-state index is 0.0423. The number of carboxylic acids is 1. The Hall–Kier alpha value is -2.14. The summed E-state index contributed by atoms with van der Waals surface area (Å²) in [5.41, 5.74) is 8.18. The van der Waals surface area contributed by atoms with E-state index in [1.54, 1.807) is 4.68 Å². The second-order valence-electron chi connectivity index (χ2n) is 3.76. The quantitative estimate of drug-likeness (QED) is 0.835. The number of aromatic nitrogens is 2. The van der Waals surface area contributed by atoms with E-state index in [-0.39, 0.29) is 5.69 Å². The van der Waals surface area contributed by atoms with Gasteiger partial charge in [0, 0.05) is 12.2 Å². The molecule has 0 unspecified atom stereocenters. The van der Waals surface area contributed by atoms with E-state index < -0.39 is 5.97 Å². The van der Waals surface area contributed by atoms with Gasteiger partial charge < -0.3 is 10.8 Å². The standard InChI is InChI=1S/C12H13N3O2/c1-8-5-11(12(16)17)14-15(8)10-4-2-3-9(6-10)7-13/h2-6H,7,13H2,1H3,(H,16,17). The molecule has 1 heterocycles. The van der Waals surface area contributed by atoms with E-state index in [1.807, 2.05) is 31.2 Å². The SMILES string of the molecule is Cc1cc(C(=O)O)nn1-c1cccc(CN)c1. The zero-order valence-electron chi connectivity index (χ0n) is 9.42. The Labute approximate surface area is 98.5 Å². The van der Waals surface area contributed by atoms with Gasteiger partial charge in [-0.05, 0) is 30.7 Å². The lowest BCUT2D eigenvalue weighted by molar-refractivity contribution is 0.0690. The molecule has 0 aliphatic carbocycles. The first-order valence-electron chi connectivity index (χ1n) is 5.21. The fourth-order valence-corrected chi connectivity index (χ4v) is 1.66. The van der Waals surface area contributed by atoms with Crippen LogP contribution in [0.5, 0.6) is 0 Å². The number of rotatable bonds is 3. The van der Waals surface area contributed by atoms with Gasteiger partial charge in [0.1, 0.15) is 0 Å². The molecular weight excluding hydrogens is 218 g/mol. The van der Waals surface area contributed by atoms with Crippen molar-refractivity contribution in [3.05, 3.63) is 47.3 Å². The molecule has 3 N–H and O–H groups in total. The third-order valence-electron chi connectivity index (χ3n) is 2.50. The second kappa shape index (κ2) is 4.39. The van der Waals surface area contributed by atoms with E-state index in [1.165, 1.54) is 6.07 Å². The molecule has 5 heteroatoms. The number of aromatic carboxylic acids is 1. The fourth-order valence-electron chi connectivity index (χ4n) is 1.66. The molecule has 0 amide bonds. The van der Waals surface area contributed by atoms with Crippen molar-refractivity contribution in [1.82, 2.24) is 9.78 Å². The maximum absolute atomic E-state index is 10.8. The predicted octanol–water partition coefficient (Wildman–Crippen LogP) is 1.34. The predicted molar refractivity (Wildman–Crippen MR) is 63.2 cm³/mol. The molecule has 0 saturated carbocycles. The van der Waals surface area contributed by atoms with Gasteiger partial charge in [0.05, 0.1) is 5.69 Å². The number of hydrogen-bond acceptors (Lipinski definition) is 3. The van der Waals surface area contributed by atoms with Gasteiger partial charge in [-0.2, -0.15) is 5.10 Å². The number of nitrogens with two attached hydrogens (primary N) is 1. The van der Waals surface area contributed by atoms with Crippen molar-refractivity contribution in [2.24, 2.45) is 5.73 Å². The van der Waals surface area contributed by atoms with Crippen LogP contribution < -0.4 is 5.73 Å². The summed E-state index contributed by atoms with van der Waals surface area (Å²) in [5.74, 6) is -1.03. The second-order valence-corrected chi connectivity index (χ2v) is 3.76. The highest BCUT2D eigenvalue weighted by molar-refractivity contribution is 5.85. The van der Waals surface area contributed by atoms with Crippen LogP contribution in [-0.2, 0) is 6.54 Å². The minimum Gasteiger partial charge on any atom is -0.476 e. The smallest absolute Gasteiger partial charge is 0.356 e. The Morgan fingerprint density at radius 2 is 2.24 bits per heavy atom. The first-order valence-corrected chi connectivity index (χ1v) is 5.21. The maximum atomic E-state index is 10.8. The lowest BCUT2D eigenvalue weighted by Crippen LogP contribution is -2.04. The molecule has 2 aromatic rings. The van der Waals surface area contributed by atoms with Crippen LogP contribution in [0.3, 0.4) is 0 Å². The zero-order chi connectivity index (χ0) is 12.4. The molecule has 1 aromatic heterocycles. The first-order chi connectivity index (χ1) is 8.11. The topological polar surface area (TPSA) is 81.1 Å². The van der Waals surface area contributed by atoms with Crippen molar-refractivity contribution in [2.75, 3.05) is 0 Å². The highest BCUT2D eigenvalue weighted by Crippen LogP contribution is 2.13. The van der Waals surface area contributed by atoms with E-state index in [0.29, 0.717) is 6.54 Å². The van der Waals surface area contributed by atoms with Crippen LogP contribution in [0.2, 0.25) is 0 Å². The van der Waals surface area contributed by atoms with Crippen LogP contribution in [0.25, 0.3) is 5.69 Å². The van der Waals surface area contributed by atoms with E-state index in [0.717, 1.165) is 16.9 Å². The fraction of sp³-hybridized carbons (Fsp3) is 0.167. The van der Waals surface area contributed by atoms with Gasteiger partial charge in [-0.3, -0.25) is 0 Å². The lowest BCUT2D eigenvalue weighted by atomic mass is 10.2. The number of nitrogens with zero attached hydrogens (tertiary/aromatic N) is 2. The summed E-state index contributed by atoms with van der Waals surface area (Å²) in [6.45, 7) is 2.26. The number of hydrogen-bond donors (Lipinski definition) is 2. The number of aryl methyl sites for hydroxylation is 1. The molecule has 0 fully saturated rings. The molecular formula is C12H13N3O2. The van der Waals surface area contributed by atoms with E-state index in [9.17, 15) is 4.79 Å². The number of carboxylic acid groups (broad SMARTS) is 1. The molecule has 2 rings (SSSR count). The Bertz CT molecular complexity index is 561. The maximum Gasteiger partial charge on any atom is 0.356 e. The zero-order valence-corrected chi connectivity index (χ0v) is 9.42. The van der Waals surface area contributed by atoms with Crippen molar-refractivity contribution in [2.45, 2.75) is 13.5 Å². The summed E-state index contributed by atoms with van der Waals surface area (Å²) in [6, 6.07) is 9.09. The number of carbonyl (C=O) groups is 1. The largest absolute Gasteiger partial charge is 0.476 e. The van der Waals surface area contributed by atoms with Gasteiger partial charge >= 0.3 is 5.97 Å². The Morgan fingerprint density at radius 1 is 1.47 bits per heavy atom. The molecule has 0 aliphatic rings. The highest BCUT2D eigenvalue weighted by Gasteiger charge is 2.11. The van der Waals surface area contributed by atoms with E-state index in [2.05, 4.69) is 5.10 Å². The van der Waals surface area contributed by atoms with Gasteiger partial charge in [0.25, 0.3) is 0 Å². The van der Waals surface area contributed by atoms with Crippen molar-refractivity contribution < 1.29 is 9.90 Å². The summed E-state index contributed by atoms with van der Waals surface area (Å²) < 4.78 is 1.60. The molecule has 0 bridgehead atoms. The molecule has 1 aromatic carbocycles. The van der Waals surface area contributed by atoms with Gasteiger partial charge in [-0.1, -0.05) is 12.1 Å². The molecule has 17 heavy (non-hydrogen) atoms. The third kappa shape index (κ3) is 2.19. The van der Waals surface area contributed by atoms with E-state index in [4.69, 9.17) is 10.8 Å². The van der Waals surface area contributed by atoms with Crippen LogP contribution in [0, 0.1) is 6.92 Å².